The summed E-state index contributed by atoms with van der Waals surface area (Å²) in [7, 11) is 0. The van der Waals surface area contributed by atoms with Crippen LogP contribution in [0.5, 0.6) is 0 Å². The van der Waals surface area contributed by atoms with Gasteiger partial charge in [0, 0.05) is 0 Å². The van der Waals surface area contributed by atoms with Crippen molar-refractivity contribution in [3.8, 4) is 0 Å². The Morgan fingerprint density at radius 1 is 0.158 bits per heavy atom. The van der Waals surface area contributed by atoms with Gasteiger partial charge in [0.1, 0.15) is 0 Å². The fourth-order valence-electron chi connectivity index (χ4n) is 3.49. The van der Waals surface area contributed by atoms with Crippen molar-refractivity contribution >= 4 is 0 Å². The van der Waals surface area contributed by atoms with Gasteiger partial charge >= 0.3 is 107 Å². The Labute approximate surface area is 280 Å². The van der Waals surface area contributed by atoms with E-state index < -0.39 is 107 Å². The van der Waals surface area contributed by atoms with Crippen LogP contribution in [0.25, 0.3) is 0 Å². The molecule has 2 unspecified atom stereocenters. The molecule has 2 atom stereocenters. The summed E-state index contributed by atoms with van der Waals surface area (Å²) in [5.74, 6) is -106. The SMILES string of the molecule is FC(F)(F)C(F)(F)C(F)(F)C(F)(F)C(F)(F)C(F)(OC(F)(C(F)(F)C(F)(F)C(F)(F)C(F)(F)C(F)(F)F)C(F)(C(F)(F)F)C(F)(F)F)C(F)(C(F)(F)F)C(F)(F)F. The standard InChI is InChI=1S/C18F38O/c19-1(13(39,40)41,14(42,43)44)11(37,7(29,30)3(21,22)5(25,26)9(33,34)17(51,52)53)57-12(38,2(20,15(45,46)47)16(48,49)50)8(31,32)4(23,24)6(27,28)10(35,36)18(54,55)56. The van der Waals surface area contributed by atoms with Crippen LogP contribution in [0.2, 0.25) is 0 Å². The van der Waals surface area contributed by atoms with Gasteiger partial charge in [0.2, 0.25) is 0 Å². The minimum absolute atomic E-state index is 0.00886. The van der Waals surface area contributed by atoms with E-state index in [0.717, 1.165) is 0 Å². The number of hydrogen-bond donors (Lipinski definition) is 0. The minimum atomic E-state index is -11.4. The zero-order valence-electron chi connectivity index (χ0n) is 23.8. The van der Waals surface area contributed by atoms with Gasteiger partial charge in [-0.3, -0.25) is 4.74 Å². The van der Waals surface area contributed by atoms with Crippen molar-refractivity contribution in [3.05, 3.63) is 0 Å². The van der Waals surface area contributed by atoms with E-state index in [1.165, 1.54) is 0 Å². The van der Waals surface area contributed by atoms with Crippen LogP contribution in [-0.2, 0) is 4.74 Å². The number of rotatable bonds is 12. The Kier molecular flexibility index (Phi) is 12.3. The van der Waals surface area contributed by atoms with Gasteiger partial charge in [-0.25, -0.2) is 17.6 Å². The number of halogens is 38. The highest BCUT2D eigenvalue weighted by atomic mass is 19.5. The van der Waals surface area contributed by atoms with Crippen LogP contribution in [0.15, 0.2) is 0 Å². The van der Waals surface area contributed by atoms with Crippen LogP contribution in [-0.4, -0.2) is 107 Å². The van der Waals surface area contributed by atoms with Crippen LogP contribution < -0.4 is 0 Å². The van der Waals surface area contributed by atoms with Gasteiger partial charge in [-0.05, 0) is 0 Å². The molecule has 0 saturated carbocycles. The van der Waals surface area contributed by atoms with Crippen molar-refractivity contribution in [2.45, 2.75) is 107 Å². The summed E-state index contributed by atoms with van der Waals surface area (Å²) in [6.45, 7) is 0. The second kappa shape index (κ2) is 12.9. The number of ether oxygens (including phenoxy) is 1. The Balaban J connectivity index is 9.81. The van der Waals surface area contributed by atoms with Crippen LogP contribution in [0, 0.1) is 0 Å². The van der Waals surface area contributed by atoms with E-state index in [1.54, 1.807) is 0 Å². The Bertz CT molecular complexity index is 1300. The summed E-state index contributed by atoms with van der Waals surface area (Å²) in [5.41, 5.74) is -21.6. The number of hydrogen-bond acceptors (Lipinski definition) is 1. The first-order chi connectivity index (χ1) is 23.7. The molecule has 0 aliphatic heterocycles. The lowest BCUT2D eigenvalue weighted by molar-refractivity contribution is -0.558. The molecule has 0 saturated heterocycles. The van der Waals surface area contributed by atoms with Crippen molar-refractivity contribution in [3.63, 3.8) is 0 Å². The van der Waals surface area contributed by atoms with Crippen molar-refractivity contribution in [1.82, 2.24) is 0 Å². The maximum Gasteiger partial charge on any atom is 0.460 e. The molecule has 0 aliphatic carbocycles. The first-order valence-electron chi connectivity index (χ1n) is 11.6. The average molecular weight is 954 g/mol. The molecule has 344 valence electrons. The molecular formula is C18F38O. The summed E-state index contributed by atoms with van der Waals surface area (Å²) < 4.78 is 515. The predicted octanol–water partition coefficient (Wildman–Crippen LogP) is 12.2. The van der Waals surface area contributed by atoms with E-state index in [1.807, 2.05) is 0 Å². The zero-order chi connectivity index (χ0) is 47.7. The van der Waals surface area contributed by atoms with Gasteiger partial charge < -0.3 is 0 Å². The highest BCUT2D eigenvalue weighted by Gasteiger charge is 3.04. The first kappa shape index (κ1) is 54.3. The van der Waals surface area contributed by atoms with Crippen molar-refractivity contribution in [1.29, 1.82) is 0 Å². The fourth-order valence-corrected chi connectivity index (χ4v) is 3.49. The molecule has 0 aromatic rings. The van der Waals surface area contributed by atoms with Gasteiger partial charge in [-0.2, -0.15) is 149 Å². The second-order valence-electron chi connectivity index (χ2n) is 10.2. The molecule has 0 rings (SSSR count). The third-order valence-electron chi connectivity index (χ3n) is 6.62. The molecule has 0 heterocycles. The van der Waals surface area contributed by atoms with Crippen molar-refractivity contribution < 1.29 is 172 Å². The smallest absolute Gasteiger partial charge is 0.292 e. The highest BCUT2D eigenvalue weighted by Crippen LogP contribution is 2.72. The summed E-state index contributed by atoms with van der Waals surface area (Å²) >= 11 is 0. The van der Waals surface area contributed by atoms with E-state index in [4.69, 9.17) is 0 Å². The van der Waals surface area contributed by atoms with E-state index in [9.17, 15) is 158 Å². The topological polar surface area (TPSA) is 9.23 Å². The molecule has 0 bridgehead atoms. The molecule has 0 aromatic carbocycles. The lowest BCUT2D eigenvalue weighted by Crippen LogP contribution is -2.85. The van der Waals surface area contributed by atoms with Crippen LogP contribution in [0.4, 0.5) is 167 Å². The fraction of sp³-hybridized carbons (Fsp3) is 1.00. The van der Waals surface area contributed by atoms with E-state index in [0.29, 0.717) is 0 Å². The van der Waals surface area contributed by atoms with E-state index >= 15 is 8.78 Å². The summed E-state index contributed by atoms with van der Waals surface area (Å²) in [6.07, 6.45) is -57.6. The van der Waals surface area contributed by atoms with Crippen molar-refractivity contribution in [2.75, 3.05) is 0 Å². The normalized spacial score (nSPS) is 19.1. The first-order valence-corrected chi connectivity index (χ1v) is 11.6. The molecule has 1 nitrogen and oxygen atoms in total. The van der Waals surface area contributed by atoms with E-state index in [2.05, 4.69) is 0 Å². The van der Waals surface area contributed by atoms with Crippen LogP contribution in [0.1, 0.15) is 0 Å². The van der Waals surface area contributed by atoms with Gasteiger partial charge in [0.05, 0.1) is 0 Å². The maximum absolute atomic E-state index is 15.4. The molecule has 0 N–H and O–H groups in total. The van der Waals surface area contributed by atoms with E-state index in [-0.39, 0.29) is 4.74 Å². The van der Waals surface area contributed by atoms with Gasteiger partial charge in [-0.1, -0.05) is 0 Å². The molecular weight excluding hydrogens is 954 g/mol. The van der Waals surface area contributed by atoms with Gasteiger partial charge in [-0.15, -0.1) is 0 Å². The Hall–Kier alpha value is -2.70. The maximum atomic E-state index is 15.4. The van der Waals surface area contributed by atoms with Crippen LogP contribution >= 0.6 is 0 Å². The monoisotopic (exact) mass is 954 g/mol. The van der Waals surface area contributed by atoms with Crippen LogP contribution in [0.3, 0.4) is 0 Å². The Morgan fingerprint density at radius 2 is 0.298 bits per heavy atom. The molecule has 0 aliphatic rings. The zero-order valence-corrected chi connectivity index (χ0v) is 23.8. The molecule has 0 spiro atoms. The highest BCUT2D eigenvalue weighted by molar-refractivity contribution is 5.24. The molecule has 0 radical (unpaired) electrons. The third-order valence-corrected chi connectivity index (χ3v) is 6.62. The molecule has 0 fully saturated rings. The third kappa shape index (κ3) is 6.46. The summed E-state index contributed by atoms with van der Waals surface area (Å²) in [5, 5.41) is 0. The van der Waals surface area contributed by atoms with Gasteiger partial charge in [0.25, 0.3) is 0 Å². The largest absolute Gasteiger partial charge is 0.460 e. The lowest BCUT2D eigenvalue weighted by Gasteiger charge is -2.53. The average Bonchev–Trinajstić information content (AvgIpc) is 2.91. The molecule has 0 amide bonds. The van der Waals surface area contributed by atoms with Crippen molar-refractivity contribution in [2.24, 2.45) is 0 Å². The lowest BCUT2D eigenvalue weighted by atomic mass is 9.79. The molecule has 0 aromatic heterocycles. The number of alkyl halides is 38. The second-order valence-corrected chi connectivity index (χ2v) is 10.2. The quantitative estimate of drug-likeness (QED) is 0.177. The van der Waals surface area contributed by atoms with Gasteiger partial charge in [0.15, 0.2) is 0 Å². The summed E-state index contributed by atoms with van der Waals surface area (Å²) in [4.78, 5) is 0. The summed E-state index contributed by atoms with van der Waals surface area (Å²) in [6, 6.07) is 0. The molecule has 39 heteroatoms. The minimum Gasteiger partial charge on any atom is -0.292 e. The Morgan fingerprint density at radius 3 is 0.421 bits per heavy atom. The molecule has 57 heavy (non-hydrogen) atoms. The predicted molar refractivity (Wildman–Crippen MR) is 92.3 cm³/mol.